The summed E-state index contributed by atoms with van der Waals surface area (Å²) in [5.41, 5.74) is 2.51. The maximum Gasteiger partial charge on any atom is 0.317 e. The first-order chi connectivity index (χ1) is 14.3. The van der Waals surface area contributed by atoms with E-state index in [2.05, 4.69) is 39.5 Å². The molecular formula is C23H30N4O2. The SMILES string of the molecule is COC1CN(C2CCN(C(=O)NCCc3ccccc3)CC2)C1c1ccncc1. The number of aromatic nitrogens is 1. The Hall–Kier alpha value is -2.44. The van der Waals surface area contributed by atoms with E-state index in [1.807, 2.05) is 35.5 Å². The Balaban J connectivity index is 1.25. The molecule has 3 heterocycles. The zero-order valence-electron chi connectivity index (χ0n) is 17.0. The molecule has 2 amide bonds. The van der Waals surface area contributed by atoms with Gasteiger partial charge in [0.1, 0.15) is 0 Å². The molecule has 29 heavy (non-hydrogen) atoms. The van der Waals surface area contributed by atoms with Gasteiger partial charge in [-0.25, -0.2) is 4.79 Å². The number of nitrogens with zero attached hydrogens (tertiary/aromatic N) is 3. The van der Waals surface area contributed by atoms with Crippen molar-refractivity contribution in [2.75, 3.05) is 33.3 Å². The van der Waals surface area contributed by atoms with Crippen LogP contribution in [0.2, 0.25) is 0 Å². The van der Waals surface area contributed by atoms with E-state index in [0.29, 0.717) is 18.6 Å². The average Bonchev–Trinajstić information content (AvgIpc) is 2.75. The fraction of sp³-hybridized carbons (Fsp3) is 0.478. The first-order valence-electron chi connectivity index (χ1n) is 10.5. The van der Waals surface area contributed by atoms with Crippen LogP contribution in [0.3, 0.4) is 0 Å². The molecule has 2 saturated heterocycles. The second kappa shape index (κ2) is 9.37. The van der Waals surface area contributed by atoms with Gasteiger partial charge in [-0.1, -0.05) is 30.3 Å². The van der Waals surface area contributed by atoms with Crippen LogP contribution < -0.4 is 5.32 Å². The molecule has 1 N–H and O–H groups in total. The molecule has 1 aromatic heterocycles. The zero-order valence-corrected chi connectivity index (χ0v) is 17.0. The van der Waals surface area contributed by atoms with E-state index in [-0.39, 0.29) is 12.1 Å². The maximum atomic E-state index is 12.5. The van der Waals surface area contributed by atoms with Crippen LogP contribution in [0.15, 0.2) is 54.9 Å². The lowest BCUT2D eigenvalue weighted by Crippen LogP contribution is -2.60. The van der Waals surface area contributed by atoms with Crippen molar-refractivity contribution in [3.63, 3.8) is 0 Å². The van der Waals surface area contributed by atoms with Crippen molar-refractivity contribution in [3.05, 3.63) is 66.0 Å². The van der Waals surface area contributed by atoms with Crippen LogP contribution in [-0.4, -0.2) is 66.2 Å². The van der Waals surface area contributed by atoms with E-state index in [1.165, 1.54) is 11.1 Å². The summed E-state index contributed by atoms with van der Waals surface area (Å²) >= 11 is 0. The maximum absolute atomic E-state index is 12.5. The molecule has 2 aliphatic rings. The van der Waals surface area contributed by atoms with Crippen LogP contribution in [0.1, 0.15) is 30.0 Å². The number of likely N-dealkylation sites (tertiary alicyclic amines) is 2. The number of carbonyl (C=O) groups is 1. The summed E-state index contributed by atoms with van der Waals surface area (Å²) < 4.78 is 5.68. The Morgan fingerprint density at radius 2 is 1.86 bits per heavy atom. The summed E-state index contributed by atoms with van der Waals surface area (Å²) in [7, 11) is 1.79. The normalized spacial score (nSPS) is 22.9. The van der Waals surface area contributed by atoms with E-state index in [1.54, 1.807) is 7.11 Å². The topological polar surface area (TPSA) is 57.7 Å². The van der Waals surface area contributed by atoms with Gasteiger partial charge in [0, 0.05) is 51.7 Å². The van der Waals surface area contributed by atoms with Crippen LogP contribution in [-0.2, 0) is 11.2 Å². The highest BCUT2D eigenvalue weighted by atomic mass is 16.5. The van der Waals surface area contributed by atoms with Gasteiger partial charge in [-0.3, -0.25) is 9.88 Å². The zero-order chi connectivity index (χ0) is 20.1. The summed E-state index contributed by atoms with van der Waals surface area (Å²) in [6.07, 6.45) is 6.80. The molecule has 0 aliphatic carbocycles. The Kier molecular flexibility index (Phi) is 6.42. The number of nitrogens with one attached hydrogen (secondary N) is 1. The first-order valence-corrected chi connectivity index (χ1v) is 10.5. The second-order valence-corrected chi connectivity index (χ2v) is 7.88. The van der Waals surface area contributed by atoms with E-state index in [0.717, 1.165) is 38.9 Å². The highest BCUT2D eigenvalue weighted by Crippen LogP contribution is 2.39. The van der Waals surface area contributed by atoms with Gasteiger partial charge in [0.15, 0.2) is 0 Å². The van der Waals surface area contributed by atoms with Gasteiger partial charge in [-0.2, -0.15) is 0 Å². The third-order valence-electron chi connectivity index (χ3n) is 6.20. The summed E-state index contributed by atoms with van der Waals surface area (Å²) in [5.74, 6) is 0. The molecule has 154 valence electrons. The molecule has 4 rings (SSSR count). The predicted octanol–water partition coefficient (Wildman–Crippen LogP) is 2.87. The van der Waals surface area contributed by atoms with Crippen molar-refractivity contribution in [2.24, 2.45) is 0 Å². The van der Waals surface area contributed by atoms with Crippen LogP contribution >= 0.6 is 0 Å². The number of hydrogen-bond donors (Lipinski definition) is 1. The number of hydrogen-bond acceptors (Lipinski definition) is 4. The van der Waals surface area contributed by atoms with E-state index < -0.39 is 0 Å². The number of methoxy groups -OCH3 is 1. The summed E-state index contributed by atoms with van der Waals surface area (Å²) in [6.45, 7) is 3.24. The van der Waals surface area contributed by atoms with Crippen molar-refractivity contribution in [3.8, 4) is 0 Å². The highest BCUT2D eigenvalue weighted by molar-refractivity contribution is 5.74. The summed E-state index contributed by atoms with van der Waals surface area (Å²) in [6, 6.07) is 15.3. The smallest absolute Gasteiger partial charge is 0.317 e. The summed E-state index contributed by atoms with van der Waals surface area (Å²) in [4.78, 5) is 21.1. The molecule has 2 atom stereocenters. The monoisotopic (exact) mass is 394 g/mol. The number of pyridine rings is 1. The highest BCUT2D eigenvalue weighted by Gasteiger charge is 2.44. The Morgan fingerprint density at radius 1 is 1.14 bits per heavy atom. The molecule has 1 aromatic carbocycles. The van der Waals surface area contributed by atoms with Gasteiger partial charge in [-0.15, -0.1) is 0 Å². The van der Waals surface area contributed by atoms with Crippen LogP contribution in [0.25, 0.3) is 0 Å². The fourth-order valence-electron chi connectivity index (χ4n) is 4.51. The molecule has 0 saturated carbocycles. The van der Waals surface area contributed by atoms with Crippen LogP contribution in [0.4, 0.5) is 4.79 Å². The Morgan fingerprint density at radius 3 is 2.55 bits per heavy atom. The lowest BCUT2D eigenvalue weighted by Gasteiger charge is -2.53. The number of rotatable bonds is 6. The molecular weight excluding hydrogens is 364 g/mol. The number of piperidine rings is 1. The molecule has 2 fully saturated rings. The number of carbonyl (C=O) groups excluding carboxylic acids is 1. The van der Waals surface area contributed by atoms with Crippen molar-refractivity contribution >= 4 is 6.03 Å². The average molecular weight is 395 g/mol. The minimum atomic E-state index is 0.0587. The quantitative estimate of drug-likeness (QED) is 0.819. The van der Waals surface area contributed by atoms with Crippen LogP contribution in [0, 0.1) is 0 Å². The van der Waals surface area contributed by atoms with Gasteiger partial charge < -0.3 is 15.0 Å². The van der Waals surface area contributed by atoms with Gasteiger partial charge in [0.2, 0.25) is 0 Å². The van der Waals surface area contributed by atoms with Crippen LogP contribution in [0.5, 0.6) is 0 Å². The third-order valence-corrected chi connectivity index (χ3v) is 6.20. The largest absolute Gasteiger partial charge is 0.378 e. The van der Waals surface area contributed by atoms with Crippen molar-refractivity contribution in [1.29, 1.82) is 0 Å². The molecule has 2 unspecified atom stereocenters. The fourth-order valence-corrected chi connectivity index (χ4v) is 4.51. The van der Waals surface area contributed by atoms with E-state index in [9.17, 15) is 4.79 Å². The number of amides is 2. The minimum Gasteiger partial charge on any atom is -0.378 e. The Bertz CT molecular complexity index is 778. The minimum absolute atomic E-state index is 0.0587. The van der Waals surface area contributed by atoms with Gasteiger partial charge in [-0.05, 0) is 42.5 Å². The van der Waals surface area contributed by atoms with E-state index >= 15 is 0 Å². The van der Waals surface area contributed by atoms with E-state index in [4.69, 9.17) is 4.74 Å². The van der Waals surface area contributed by atoms with Gasteiger partial charge in [0.05, 0.1) is 12.1 Å². The van der Waals surface area contributed by atoms with Crippen molar-refractivity contribution in [2.45, 2.75) is 37.5 Å². The number of ether oxygens (including phenoxy) is 1. The molecule has 6 heteroatoms. The molecule has 2 aromatic rings. The first kappa shape index (κ1) is 19.9. The van der Waals surface area contributed by atoms with Crippen molar-refractivity contribution < 1.29 is 9.53 Å². The van der Waals surface area contributed by atoms with Gasteiger partial charge >= 0.3 is 6.03 Å². The molecule has 0 bridgehead atoms. The number of benzene rings is 1. The van der Waals surface area contributed by atoms with Crippen molar-refractivity contribution in [1.82, 2.24) is 20.1 Å². The molecule has 2 aliphatic heterocycles. The lowest BCUT2D eigenvalue weighted by atomic mass is 9.87. The third kappa shape index (κ3) is 4.60. The predicted molar refractivity (Wildman–Crippen MR) is 113 cm³/mol. The molecule has 0 spiro atoms. The number of urea groups is 1. The molecule has 6 nitrogen and oxygen atoms in total. The lowest BCUT2D eigenvalue weighted by molar-refractivity contribution is -0.115. The van der Waals surface area contributed by atoms with Gasteiger partial charge in [0.25, 0.3) is 0 Å². The molecule has 0 radical (unpaired) electrons. The second-order valence-electron chi connectivity index (χ2n) is 7.88. The Labute approximate surface area is 172 Å². The summed E-state index contributed by atoms with van der Waals surface area (Å²) in [5, 5.41) is 3.07. The standard InChI is InChI=1S/C23H30N4O2/c1-29-21-17-27(22(21)19-8-12-24-13-9-19)20-10-15-26(16-11-20)23(28)25-14-7-18-5-3-2-4-6-18/h2-6,8-9,12-13,20-22H,7,10-11,14-17H2,1H3,(H,25,28).